The number of hydrogen-bond acceptors (Lipinski definition) is 4. The van der Waals surface area contributed by atoms with Crippen molar-refractivity contribution in [1.82, 2.24) is 0 Å². The monoisotopic (exact) mass is 194 g/mol. The molecule has 0 aliphatic carbocycles. The van der Waals surface area contributed by atoms with Crippen molar-refractivity contribution in [2.24, 2.45) is 11.3 Å². The smallest absolute Gasteiger partial charge is 0.323 e. The van der Waals surface area contributed by atoms with Crippen molar-refractivity contribution < 1.29 is 19.1 Å². The molecule has 0 N–H and O–H groups in total. The Balaban J connectivity index is 2.16. The van der Waals surface area contributed by atoms with Crippen LogP contribution in [0, 0.1) is 11.3 Å². The Kier molecular flexibility index (Phi) is 1.32. The van der Waals surface area contributed by atoms with Gasteiger partial charge >= 0.3 is 11.9 Å². The quantitative estimate of drug-likeness (QED) is 0.345. The summed E-state index contributed by atoms with van der Waals surface area (Å²) >= 11 is 0. The third kappa shape index (κ3) is 0.629. The largest absolute Gasteiger partial charge is 0.392 e. The highest BCUT2D eigenvalue weighted by molar-refractivity contribution is 6.01. The van der Waals surface area contributed by atoms with Crippen LogP contribution in [0.15, 0.2) is 12.2 Å². The van der Waals surface area contributed by atoms with Crippen LogP contribution in [0.25, 0.3) is 0 Å². The van der Waals surface area contributed by atoms with Crippen LogP contribution in [0.4, 0.5) is 0 Å². The summed E-state index contributed by atoms with van der Waals surface area (Å²) in [5.41, 5.74) is -0.726. The summed E-state index contributed by atoms with van der Waals surface area (Å²) in [6.45, 7) is 1.89. The highest BCUT2D eigenvalue weighted by Crippen LogP contribution is 2.55. The maximum atomic E-state index is 11.7. The van der Waals surface area contributed by atoms with E-state index in [1.54, 1.807) is 0 Å². The van der Waals surface area contributed by atoms with Crippen LogP contribution in [-0.4, -0.2) is 24.1 Å². The van der Waals surface area contributed by atoms with Gasteiger partial charge in [-0.3, -0.25) is 9.59 Å². The average molecular weight is 194 g/mol. The van der Waals surface area contributed by atoms with Gasteiger partial charge in [-0.05, 0) is 6.42 Å². The van der Waals surface area contributed by atoms with E-state index in [1.807, 2.05) is 19.1 Å². The molecule has 2 fully saturated rings. The minimum absolute atomic E-state index is 0.251. The summed E-state index contributed by atoms with van der Waals surface area (Å²) in [5, 5.41) is 0. The normalized spacial score (nSPS) is 48.5. The van der Waals surface area contributed by atoms with Crippen molar-refractivity contribution in [2.45, 2.75) is 25.6 Å². The van der Waals surface area contributed by atoms with E-state index in [-0.39, 0.29) is 12.2 Å². The molecular weight excluding hydrogens is 184 g/mol. The van der Waals surface area contributed by atoms with E-state index < -0.39 is 23.3 Å². The molecule has 3 heterocycles. The number of esters is 2. The zero-order chi connectivity index (χ0) is 9.92. The van der Waals surface area contributed by atoms with Crippen molar-refractivity contribution in [3.8, 4) is 0 Å². The maximum absolute atomic E-state index is 11.7. The second kappa shape index (κ2) is 2.25. The van der Waals surface area contributed by atoms with Gasteiger partial charge in [0.15, 0.2) is 0 Å². The molecule has 3 aliphatic heterocycles. The lowest BCUT2D eigenvalue weighted by Crippen LogP contribution is -2.40. The van der Waals surface area contributed by atoms with Crippen LogP contribution < -0.4 is 0 Å². The van der Waals surface area contributed by atoms with Crippen molar-refractivity contribution >= 4 is 11.9 Å². The van der Waals surface area contributed by atoms with Crippen molar-refractivity contribution in [1.29, 1.82) is 0 Å². The van der Waals surface area contributed by atoms with Crippen LogP contribution in [0.5, 0.6) is 0 Å². The molecule has 0 saturated carbocycles. The third-order valence-electron chi connectivity index (χ3n) is 3.58. The van der Waals surface area contributed by atoms with Crippen LogP contribution in [0.1, 0.15) is 13.3 Å². The Bertz CT molecular complexity index is 359. The Morgan fingerprint density at radius 3 is 2.86 bits per heavy atom. The van der Waals surface area contributed by atoms with Crippen molar-refractivity contribution in [3.05, 3.63) is 12.2 Å². The lowest BCUT2D eigenvalue weighted by Gasteiger charge is -2.26. The van der Waals surface area contributed by atoms with Gasteiger partial charge in [0.25, 0.3) is 0 Å². The molecule has 14 heavy (non-hydrogen) atoms. The van der Waals surface area contributed by atoms with Crippen LogP contribution in [-0.2, 0) is 19.1 Å². The number of carbonyl (C=O) groups is 2. The van der Waals surface area contributed by atoms with Gasteiger partial charge in [-0.1, -0.05) is 19.1 Å². The van der Waals surface area contributed by atoms with Gasteiger partial charge in [-0.2, -0.15) is 0 Å². The zero-order valence-corrected chi connectivity index (χ0v) is 7.73. The second-order valence-electron chi connectivity index (χ2n) is 3.99. The minimum Gasteiger partial charge on any atom is -0.392 e. The van der Waals surface area contributed by atoms with Crippen LogP contribution >= 0.6 is 0 Å². The van der Waals surface area contributed by atoms with E-state index in [4.69, 9.17) is 9.47 Å². The molecule has 74 valence electrons. The van der Waals surface area contributed by atoms with Crippen LogP contribution in [0.2, 0.25) is 0 Å². The first-order valence-electron chi connectivity index (χ1n) is 4.80. The molecule has 4 unspecified atom stereocenters. The van der Waals surface area contributed by atoms with Gasteiger partial charge in [0.2, 0.25) is 0 Å². The SMILES string of the molecule is CCC12C(=O)OC(=O)C1C1C=CC2O1. The van der Waals surface area contributed by atoms with Crippen molar-refractivity contribution in [3.63, 3.8) is 0 Å². The molecule has 0 aromatic carbocycles. The number of cyclic esters (lactones) is 2. The number of carbonyl (C=O) groups excluding carboxylic acids is 2. The Morgan fingerprint density at radius 2 is 2.21 bits per heavy atom. The Hall–Kier alpha value is -1.16. The number of hydrogen-bond donors (Lipinski definition) is 0. The lowest BCUT2D eigenvalue weighted by atomic mass is 9.68. The topological polar surface area (TPSA) is 52.6 Å². The van der Waals surface area contributed by atoms with E-state index in [0.29, 0.717) is 6.42 Å². The summed E-state index contributed by atoms with van der Waals surface area (Å²) in [5.74, 6) is -1.24. The van der Waals surface area contributed by atoms with Gasteiger partial charge in [0.1, 0.15) is 11.3 Å². The molecule has 0 aromatic rings. The fourth-order valence-corrected chi connectivity index (χ4v) is 2.83. The summed E-state index contributed by atoms with van der Waals surface area (Å²) < 4.78 is 10.2. The Morgan fingerprint density at radius 1 is 1.43 bits per heavy atom. The van der Waals surface area contributed by atoms with Gasteiger partial charge in [-0.15, -0.1) is 0 Å². The fourth-order valence-electron chi connectivity index (χ4n) is 2.83. The summed E-state index contributed by atoms with van der Waals surface area (Å²) in [6, 6.07) is 0. The first-order valence-corrected chi connectivity index (χ1v) is 4.80. The van der Waals surface area contributed by atoms with E-state index in [1.165, 1.54) is 0 Å². The number of rotatable bonds is 1. The molecular formula is C10H10O4. The van der Waals surface area contributed by atoms with Gasteiger partial charge < -0.3 is 9.47 Å². The molecule has 2 saturated heterocycles. The van der Waals surface area contributed by atoms with E-state index in [2.05, 4.69) is 0 Å². The van der Waals surface area contributed by atoms with E-state index >= 15 is 0 Å². The molecule has 3 rings (SSSR count). The lowest BCUT2D eigenvalue weighted by molar-refractivity contribution is -0.158. The Labute approximate surface area is 80.9 Å². The predicted octanol–water partition coefficient (Wildman–Crippen LogP) is 0.420. The molecule has 0 radical (unpaired) electrons. The van der Waals surface area contributed by atoms with E-state index in [0.717, 1.165) is 0 Å². The molecule has 2 bridgehead atoms. The van der Waals surface area contributed by atoms with Crippen LogP contribution in [0.3, 0.4) is 0 Å². The molecule has 0 spiro atoms. The van der Waals surface area contributed by atoms with E-state index in [9.17, 15) is 9.59 Å². The van der Waals surface area contributed by atoms with Gasteiger partial charge in [0, 0.05) is 0 Å². The molecule has 3 aliphatic rings. The predicted molar refractivity (Wildman–Crippen MR) is 45.1 cm³/mol. The van der Waals surface area contributed by atoms with Crippen molar-refractivity contribution in [2.75, 3.05) is 0 Å². The minimum atomic E-state index is -0.726. The second-order valence-corrected chi connectivity index (χ2v) is 3.99. The highest BCUT2D eigenvalue weighted by atomic mass is 16.6. The maximum Gasteiger partial charge on any atom is 0.323 e. The number of fused-ring (bicyclic) bond motifs is 5. The first kappa shape index (κ1) is 8.17. The molecule has 4 atom stereocenters. The molecule has 0 aromatic heterocycles. The fraction of sp³-hybridized carbons (Fsp3) is 0.600. The summed E-state index contributed by atoms with van der Waals surface area (Å²) in [7, 11) is 0. The van der Waals surface area contributed by atoms with Gasteiger partial charge in [0.05, 0.1) is 12.2 Å². The zero-order valence-electron chi connectivity index (χ0n) is 7.73. The third-order valence-corrected chi connectivity index (χ3v) is 3.58. The average Bonchev–Trinajstić information content (AvgIpc) is 2.78. The highest BCUT2D eigenvalue weighted by Gasteiger charge is 2.69. The van der Waals surface area contributed by atoms with Gasteiger partial charge in [-0.25, -0.2) is 0 Å². The first-order chi connectivity index (χ1) is 6.70. The number of ether oxygens (including phenoxy) is 2. The molecule has 4 nitrogen and oxygen atoms in total. The standard InChI is InChI=1S/C10H10O4/c1-2-10-6-4-3-5(13-6)7(10)8(11)14-9(10)12/h3-7H,2H2,1H3. The molecule has 4 heteroatoms. The molecule has 0 amide bonds. The summed E-state index contributed by atoms with van der Waals surface area (Å²) in [6.07, 6.45) is 3.79. The summed E-state index contributed by atoms with van der Waals surface area (Å²) in [4.78, 5) is 23.1.